The molecule has 4 heteroatoms. The van der Waals surface area contributed by atoms with Crippen LogP contribution in [0.15, 0.2) is 24.3 Å². The van der Waals surface area contributed by atoms with Gasteiger partial charge in [0.2, 0.25) is 0 Å². The van der Waals surface area contributed by atoms with Gasteiger partial charge < -0.3 is 10.8 Å². The van der Waals surface area contributed by atoms with E-state index in [1.807, 2.05) is 19.1 Å². The molecule has 0 aliphatic heterocycles. The summed E-state index contributed by atoms with van der Waals surface area (Å²) in [5.41, 5.74) is 7.52. The van der Waals surface area contributed by atoms with Crippen molar-refractivity contribution >= 4 is 11.3 Å². The predicted molar refractivity (Wildman–Crippen MR) is 61.8 cm³/mol. The van der Waals surface area contributed by atoms with Gasteiger partial charge in [0.15, 0.2) is 0 Å². The van der Waals surface area contributed by atoms with Crippen molar-refractivity contribution in [3.05, 3.63) is 34.2 Å². The van der Waals surface area contributed by atoms with Crippen molar-refractivity contribution in [2.45, 2.75) is 13.5 Å². The molecule has 78 valence electrons. The van der Waals surface area contributed by atoms with Crippen LogP contribution >= 0.6 is 11.3 Å². The Balaban J connectivity index is 2.44. The van der Waals surface area contributed by atoms with E-state index >= 15 is 0 Å². The van der Waals surface area contributed by atoms with Gasteiger partial charge in [0.25, 0.3) is 0 Å². The van der Waals surface area contributed by atoms with Crippen LogP contribution in [0.5, 0.6) is 5.75 Å². The van der Waals surface area contributed by atoms with Gasteiger partial charge in [-0.1, -0.05) is 0 Å². The molecule has 0 amide bonds. The number of hydrogen-bond acceptors (Lipinski definition) is 4. The maximum Gasteiger partial charge on any atom is 0.115 e. The zero-order valence-corrected chi connectivity index (χ0v) is 9.21. The van der Waals surface area contributed by atoms with Crippen molar-refractivity contribution in [3.63, 3.8) is 0 Å². The van der Waals surface area contributed by atoms with E-state index in [2.05, 4.69) is 4.98 Å². The Morgan fingerprint density at radius 1 is 1.33 bits per heavy atom. The Hall–Kier alpha value is -1.39. The minimum Gasteiger partial charge on any atom is -0.508 e. The van der Waals surface area contributed by atoms with Gasteiger partial charge in [-0.2, -0.15) is 0 Å². The fourth-order valence-electron chi connectivity index (χ4n) is 1.43. The second-order valence-electron chi connectivity index (χ2n) is 3.26. The molecule has 3 nitrogen and oxygen atoms in total. The summed E-state index contributed by atoms with van der Waals surface area (Å²) in [6, 6.07) is 7.04. The molecule has 0 radical (unpaired) electrons. The number of phenols is 1. The number of nitrogens with two attached hydrogens (primary N) is 1. The first-order valence-corrected chi connectivity index (χ1v) is 5.48. The molecule has 0 spiro atoms. The van der Waals surface area contributed by atoms with Crippen LogP contribution in [0.4, 0.5) is 0 Å². The molecule has 0 saturated heterocycles. The van der Waals surface area contributed by atoms with E-state index in [4.69, 9.17) is 5.73 Å². The summed E-state index contributed by atoms with van der Waals surface area (Å²) in [6.07, 6.45) is 0. The third-order valence-electron chi connectivity index (χ3n) is 2.16. The molecular formula is C11H12N2OS. The number of thiazole rings is 1. The first-order chi connectivity index (χ1) is 7.20. The maximum absolute atomic E-state index is 9.19. The van der Waals surface area contributed by atoms with Crippen LogP contribution in [0.1, 0.15) is 9.88 Å². The van der Waals surface area contributed by atoms with E-state index in [0.717, 1.165) is 21.1 Å². The van der Waals surface area contributed by atoms with Gasteiger partial charge in [0.05, 0.1) is 5.69 Å². The van der Waals surface area contributed by atoms with Crippen molar-refractivity contribution in [3.8, 4) is 17.0 Å². The molecule has 0 atom stereocenters. The fourth-order valence-corrected chi connectivity index (χ4v) is 2.26. The third kappa shape index (κ3) is 2.00. The van der Waals surface area contributed by atoms with Crippen LogP contribution in [-0.2, 0) is 6.54 Å². The number of rotatable bonds is 2. The molecule has 15 heavy (non-hydrogen) atoms. The average molecular weight is 220 g/mol. The minimum absolute atomic E-state index is 0.269. The highest BCUT2D eigenvalue weighted by atomic mass is 32.1. The van der Waals surface area contributed by atoms with Gasteiger partial charge in [0.1, 0.15) is 10.8 Å². The van der Waals surface area contributed by atoms with Crippen LogP contribution in [-0.4, -0.2) is 10.1 Å². The Kier molecular flexibility index (Phi) is 2.70. The van der Waals surface area contributed by atoms with E-state index in [0.29, 0.717) is 6.54 Å². The summed E-state index contributed by atoms with van der Waals surface area (Å²) < 4.78 is 0. The molecule has 0 aliphatic rings. The van der Waals surface area contributed by atoms with E-state index in [1.165, 1.54) is 0 Å². The third-order valence-corrected chi connectivity index (χ3v) is 3.15. The SMILES string of the molecule is Cc1sc(CN)nc1-c1ccc(O)cc1. The molecule has 0 saturated carbocycles. The lowest BCUT2D eigenvalue weighted by atomic mass is 10.1. The summed E-state index contributed by atoms with van der Waals surface area (Å²) in [7, 11) is 0. The molecule has 2 aromatic rings. The number of benzene rings is 1. The number of aromatic nitrogens is 1. The summed E-state index contributed by atoms with van der Waals surface area (Å²) in [6.45, 7) is 2.50. The summed E-state index contributed by atoms with van der Waals surface area (Å²) >= 11 is 1.61. The molecule has 0 fully saturated rings. The summed E-state index contributed by atoms with van der Waals surface area (Å²) in [5.74, 6) is 0.269. The number of nitrogens with zero attached hydrogens (tertiary/aromatic N) is 1. The second kappa shape index (κ2) is 4.00. The lowest BCUT2D eigenvalue weighted by Gasteiger charge is -1.98. The quantitative estimate of drug-likeness (QED) is 0.816. The highest BCUT2D eigenvalue weighted by molar-refractivity contribution is 7.12. The van der Waals surface area contributed by atoms with Gasteiger partial charge in [-0.05, 0) is 31.2 Å². The minimum atomic E-state index is 0.269. The van der Waals surface area contributed by atoms with E-state index < -0.39 is 0 Å². The molecule has 0 bridgehead atoms. The average Bonchev–Trinajstić information content (AvgIpc) is 2.61. The molecule has 1 heterocycles. The lowest BCUT2D eigenvalue weighted by molar-refractivity contribution is 0.475. The van der Waals surface area contributed by atoms with Crippen LogP contribution in [0.25, 0.3) is 11.3 Å². The molecule has 1 aromatic carbocycles. The molecule has 1 aromatic heterocycles. The zero-order valence-electron chi connectivity index (χ0n) is 8.40. The van der Waals surface area contributed by atoms with Crippen LogP contribution in [0.3, 0.4) is 0 Å². The molecule has 2 rings (SSSR count). The highest BCUT2D eigenvalue weighted by Gasteiger charge is 2.08. The normalized spacial score (nSPS) is 10.5. The molecule has 0 unspecified atom stereocenters. The standard InChI is InChI=1S/C11H12N2OS/c1-7-11(13-10(6-12)15-7)8-2-4-9(14)5-3-8/h2-5,14H,6,12H2,1H3. The van der Waals surface area contributed by atoms with Crippen molar-refractivity contribution in [1.29, 1.82) is 0 Å². The van der Waals surface area contributed by atoms with E-state index in [-0.39, 0.29) is 5.75 Å². The zero-order chi connectivity index (χ0) is 10.8. The molecule has 3 N–H and O–H groups in total. The first-order valence-electron chi connectivity index (χ1n) is 4.66. The Bertz CT molecular complexity index is 462. The number of phenolic OH excluding ortho intramolecular Hbond substituents is 1. The number of hydrogen-bond donors (Lipinski definition) is 2. The topological polar surface area (TPSA) is 59.1 Å². The van der Waals surface area contributed by atoms with Crippen molar-refractivity contribution in [2.75, 3.05) is 0 Å². The predicted octanol–water partition coefficient (Wildman–Crippen LogP) is 2.28. The van der Waals surface area contributed by atoms with Gasteiger partial charge in [0, 0.05) is 17.0 Å². The van der Waals surface area contributed by atoms with Crippen molar-refractivity contribution < 1.29 is 5.11 Å². The van der Waals surface area contributed by atoms with Gasteiger partial charge in [-0.3, -0.25) is 0 Å². The van der Waals surface area contributed by atoms with Crippen LogP contribution in [0.2, 0.25) is 0 Å². The smallest absolute Gasteiger partial charge is 0.115 e. The van der Waals surface area contributed by atoms with Crippen LogP contribution in [0, 0.1) is 6.92 Å². The highest BCUT2D eigenvalue weighted by Crippen LogP contribution is 2.28. The van der Waals surface area contributed by atoms with Crippen LogP contribution < -0.4 is 5.73 Å². The van der Waals surface area contributed by atoms with E-state index in [1.54, 1.807) is 23.5 Å². The fraction of sp³-hybridized carbons (Fsp3) is 0.182. The Labute approximate surface area is 92.2 Å². The largest absolute Gasteiger partial charge is 0.508 e. The van der Waals surface area contributed by atoms with Crippen molar-refractivity contribution in [2.24, 2.45) is 5.73 Å². The molecule has 0 aliphatic carbocycles. The summed E-state index contributed by atoms with van der Waals surface area (Å²) in [5, 5.41) is 10.1. The Morgan fingerprint density at radius 2 is 2.00 bits per heavy atom. The number of aromatic hydroxyl groups is 1. The molecular weight excluding hydrogens is 208 g/mol. The second-order valence-corrected chi connectivity index (χ2v) is 4.55. The lowest BCUT2D eigenvalue weighted by Crippen LogP contribution is -1.94. The monoisotopic (exact) mass is 220 g/mol. The van der Waals surface area contributed by atoms with Gasteiger partial charge >= 0.3 is 0 Å². The van der Waals surface area contributed by atoms with Gasteiger partial charge in [-0.15, -0.1) is 11.3 Å². The van der Waals surface area contributed by atoms with E-state index in [9.17, 15) is 5.11 Å². The first kappa shape index (κ1) is 10.1. The number of aryl methyl sites for hydroxylation is 1. The Morgan fingerprint density at radius 3 is 2.53 bits per heavy atom. The maximum atomic E-state index is 9.19. The van der Waals surface area contributed by atoms with Gasteiger partial charge in [-0.25, -0.2) is 4.98 Å². The van der Waals surface area contributed by atoms with Crippen molar-refractivity contribution in [1.82, 2.24) is 4.98 Å². The summed E-state index contributed by atoms with van der Waals surface area (Å²) in [4.78, 5) is 5.59.